The summed E-state index contributed by atoms with van der Waals surface area (Å²) in [5.41, 5.74) is 13.7. The zero-order valence-electron chi connectivity index (χ0n) is 23.2. The molecule has 0 unspecified atom stereocenters. The molecule has 0 aliphatic heterocycles. The summed E-state index contributed by atoms with van der Waals surface area (Å²) in [5.74, 6) is 0. The van der Waals surface area contributed by atoms with Crippen molar-refractivity contribution >= 4 is 33.2 Å². The number of rotatable bonds is 4. The summed E-state index contributed by atoms with van der Waals surface area (Å²) in [6.07, 6.45) is 0. The molecule has 0 spiro atoms. The van der Waals surface area contributed by atoms with Crippen LogP contribution in [0.15, 0.2) is 140 Å². The Labute approximate surface area is 240 Å². The number of hydrogen-bond donors (Lipinski definition) is 1. The largest absolute Gasteiger partial charge is 0.356 e. The van der Waals surface area contributed by atoms with E-state index in [4.69, 9.17) is 0 Å². The minimum Gasteiger partial charge on any atom is -0.356 e. The standard InChI is InChI=1S/C39H30N2/c1-39(2)35-14-8-6-12-31(35)32-22-21-30(25-36(32)39)41-37-15-9-7-13-33(37)34-24-27(18-23-38(34)41)26-16-19-29(20-17-26)40-28-10-4-3-5-11-28/h3-25,40H,1-2H3. The molecule has 41 heavy (non-hydrogen) atoms. The lowest BCUT2D eigenvalue weighted by Crippen LogP contribution is -2.15. The topological polar surface area (TPSA) is 17.0 Å². The molecule has 2 heteroatoms. The van der Waals surface area contributed by atoms with Gasteiger partial charge in [0.15, 0.2) is 0 Å². The molecule has 6 aromatic carbocycles. The summed E-state index contributed by atoms with van der Waals surface area (Å²) in [6, 6.07) is 50.5. The van der Waals surface area contributed by atoms with E-state index in [2.05, 4.69) is 145 Å². The van der Waals surface area contributed by atoms with Crippen LogP contribution < -0.4 is 5.32 Å². The number of fused-ring (bicyclic) bond motifs is 6. The Kier molecular flexibility index (Phi) is 5.20. The molecule has 0 saturated heterocycles. The SMILES string of the molecule is CC1(C)c2ccccc2-c2ccc(-n3c4ccccc4c4cc(-c5ccc(Nc6ccccc6)cc5)ccc43)cc21. The molecule has 7 aromatic rings. The van der Waals surface area contributed by atoms with E-state index in [1.807, 2.05) is 18.2 Å². The maximum atomic E-state index is 3.48. The molecule has 2 nitrogen and oxygen atoms in total. The van der Waals surface area contributed by atoms with E-state index in [1.165, 1.54) is 60.9 Å². The highest BCUT2D eigenvalue weighted by atomic mass is 15.0. The monoisotopic (exact) mass is 526 g/mol. The number of nitrogens with zero attached hydrogens (tertiary/aromatic N) is 1. The molecule has 0 atom stereocenters. The first kappa shape index (κ1) is 23.8. The van der Waals surface area contributed by atoms with E-state index < -0.39 is 0 Å². The van der Waals surface area contributed by atoms with Gasteiger partial charge in [-0.25, -0.2) is 0 Å². The van der Waals surface area contributed by atoms with Gasteiger partial charge in [0.1, 0.15) is 0 Å². The van der Waals surface area contributed by atoms with Crippen molar-refractivity contribution in [2.75, 3.05) is 5.32 Å². The van der Waals surface area contributed by atoms with Crippen molar-refractivity contribution in [2.24, 2.45) is 0 Å². The second-order valence-corrected chi connectivity index (χ2v) is 11.6. The average molecular weight is 527 g/mol. The number of aromatic nitrogens is 1. The average Bonchev–Trinajstić information content (AvgIpc) is 3.46. The Bertz CT molecular complexity index is 2080. The van der Waals surface area contributed by atoms with Crippen molar-refractivity contribution in [3.8, 4) is 27.9 Å². The summed E-state index contributed by atoms with van der Waals surface area (Å²) >= 11 is 0. The highest BCUT2D eigenvalue weighted by molar-refractivity contribution is 6.10. The van der Waals surface area contributed by atoms with Gasteiger partial charge < -0.3 is 9.88 Å². The Morgan fingerprint density at radius 3 is 2.00 bits per heavy atom. The maximum Gasteiger partial charge on any atom is 0.0541 e. The van der Waals surface area contributed by atoms with E-state index in [0.717, 1.165) is 11.4 Å². The Morgan fingerprint density at radius 1 is 0.488 bits per heavy atom. The second kappa shape index (κ2) is 8.97. The Hall–Kier alpha value is -5.08. The number of hydrogen-bond acceptors (Lipinski definition) is 1. The third-order valence-corrected chi connectivity index (χ3v) is 8.78. The van der Waals surface area contributed by atoms with Gasteiger partial charge in [0.25, 0.3) is 0 Å². The molecule has 1 aliphatic rings. The quantitative estimate of drug-likeness (QED) is 0.241. The van der Waals surface area contributed by atoms with Crippen molar-refractivity contribution in [1.82, 2.24) is 4.57 Å². The van der Waals surface area contributed by atoms with Gasteiger partial charge in [0.2, 0.25) is 0 Å². The van der Waals surface area contributed by atoms with Crippen molar-refractivity contribution in [1.29, 1.82) is 0 Å². The molecule has 8 rings (SSSR count). The molecule has 1 N–H and O–H groups in total. The third-order valence-electron chi connectivity index (χ3n) is 8.78. The van der Waals surface area contributed by atoms with Gasteiger partial charge in [-0.05, 0) is 88.0 Å². The lowest BCUT2D eigenvalue weighted by molar-refractivity contribution is 0.660. The van der Waals surface area contributed by atoms with Crippen molar-refractivity contribution in [3.63, 3.8) is 0 Å². The molecule has 1 aromatic heterocycles. The van der Waals surface area contributed by atoms with Gasteiger partial charge >= 0.3 is 0 Å². The van der Waals surface area contributed by atoms with E-state index in [-0.39, 0.29) is 5.41 Å². The van der Waals surface area contributed by atoms with Crippen LogP contribution in [0.25, 0.3) is 49.7 Å². The van der Waals surface area contributed by atoms with Crippen molar-refractivity contribution in [3.05, 3.63) is 151 Å². The molecule has 1 heterocycles. The number of nitrogens with one attached hydrogen (secondary N) is 1. The molecular formula is C39H30N2. The summed E-state index contributed by atoms with van der Waals surface area (Å²) in [6.45, 7) is 4.69. The van der Waals surface area contributed by atoms with Gasteiger partial charge in [-0.1, -0.05) is 98.8 Å². The predicted octanol–water partition coefficient (Wildman–Crippen LogP) is 10.5. The van der Waals surface area contributed by atoms with Crippen LogP contribution >= 0.6 is 0 Å². The van der Waals surface area contributed by atoms with Crippen LogP contribution in [-0.2, 0) is 5.41 Å². The van der Waals surface area contributed by atoms with Crippen LogP contribution in [0.5, 0.6) is 0 Å². The Morgan fingerprint density at radius 2 is 1.15 bits per heavy atom. The highest BCUT2D eigenvalue weighted by Gasteiger charge is 2.35. The first-order chi connectivity index (χ1) is 20.1. The lowest BCUT2D eigenvalue weighted by atomic mass is 9.82. The number of anilines is 2. The highest BCUT2D eigenvalue weighted by Crippen LogP contribution is 2.49. The molecule has 0 amide bonds. The van der Waals surface area contributed by atoms with Gasteiger partial charge in [-0.2, -0.15) is 0 Å². The summed E-state index contributed by atoms with van der Waals surface area (Å²) < 4.78 is 2.43. The zero-order chi connectivity index (χ0) is 27.6. The molecular weight excluding hydrogens is 496 g/mol. The van der Waals surface area contributed by atoms with E-state index >= 15 is 0 Å². The summed E-state index contributed by atoms with van der Waals surface area (Å²) in [4.78, 5) is 0. The van der Waals surface area contributed by atoms with Crippen LogP contribution in [0.3, 0.4) is 0 Å². The molecule has 0 bridgehead atoms. The van der Waals surface area contributed by atoms with Crippen molar-refractivity contribution in [2.45, 2.75) is 19.3 Å². The molecule has 0 fully saturated rings. The zero-order valence-corrected chi connectivity index (χ0v) is 23.2. The predicted molar refractivity (Wildman–Crippen MR) is 174 cm³/mol. The number of para-hydroxylation sites is 2. The first-order valence-corrected chi connectivity index (χ1v) is 14.3. The van der Waals surface area contributed by atoms with Crippen LogP contribution in [0.1, 0.15) is 25.0 Å². The summed E-state index contributed by atoms with van der Waals surface area (Å²) in [5, 5.41) is 6.03. The molecule has 196 valence electrons. The van der Waals surface area contributed by atoms with Gasteiger partial charge in [0.05, 0.1) is 11.0 Å². The first-order valence-electron chi connectivity index (χ1n) is 14.3. The molecule has 0 radical (unpaired) electrons. The fourth-order valence-corrected chi connectivity index (χ4v) is 6.70. The van der Waals surface area contributed by atoms with E-state index in [0.29, 0.717) is 0 Å². The summed E-state index contributed by atoms with van der Waals surface area (Å²) in [7, 11) is 0. The van der Waals surface area contributed by atoms with Crippen LogP contribution in [0, 0.1) is 0 Å². The fraction of sp³-hybridized carbons (Fsp3) is 0.0769. The Balaban J connectivity index is 1.23. The normalized spacial score (nSPS) is 13.3. The second-order valence-electron chi connectivity index (χ2n) is 11.6. The minimum absolute atomic E-state index is 0.0323. The van der Waals surface area contributed by atoms with E-state index in [9.17, 15) is 0 Å². The fourth-order valence-electron chi connectivity index (χ4n) is 6.70. The van der Waals surface area contributed by atoms with Crippen LogP contribution in [-0.4, -0.2) is 4.57 Å². The van der Waals surface area contributed by atoms with Gasteiger partial charge in [0, 0.05) is 33.2 Å². The van der Waals surface area contributed by atoms with Crippen molar-refractivity contribution < 1.29 is 0 Å². The maximum absolute atomic E-state index is 3.48. The smallest absolute Gasteiger partial charge is 0.0541 e. The lowest BCUT2D eigenvalue weighted by Gasteiger charge is -2.22. The number of benzene rings is 6. The molecule has 0 saturated carbocycles. The minimum atomic E-state index is -0.0323. The van der Waals surface area contributed by atoms with Gasteiger partial charge in [-0.15, -0.1) is 0 Å². The van der Waals surface area contributed by atoms with Gasteiger partial charge in [-0.3, -0.25) is 0 Å². The van der Waals surface area contributed by atoms with Crippen LogP contribution in [0.4, 0.5) is 11.4 Å². The molecule has 1 aliphatic carbocycles. The third kappa shape index (κ3) is 3.72. The van der Waals surface area contributed by atoms with E-state index in [1.54, 1.807) is 0 Å². The van der Waals surface area contributed by atoms with Crippen LogP contribution in [0.2, 0.25) is 0 Å².